The fourth-order valence-corrected chi connectivity index (χ4v) is 1.41. The van der Waals surface area contributed by atoms with E-state index in [1.165, 1.54) is 0 Å². The molecule has 0 amide bonds. The van der Waals surface area contributed by atoms with Crippen LogP contribution in [0, 0.1) is 5.92 Å². The number of carbonyl (C=O) groups is 1. The fraction of sp³-hybridized carbons (Fsp3) is 0.556. The van der Waals surface area contributed by atoms with Crippen molar-refractivity contribution >= 4 is 19.2 Å². The zero-order chi connectivity index (χ0) is 10.6. The third-order valence-electron chi connectivity index (χ3n) is 2.26. The van der Waals surface area contributed by atoms with Crippen molar-refractivity contribution in [2.24, 2.45) is 10.9 Å². The predicted molar refractivity (Wildman–Crippen MR) is 52.6 cm³/mol. The van der Waals surface area contributed by atoms with E-state index in [1.54, 1.807) is 13.0 Å². The molecule has 1 aliphatic rings. The van der Waals surface area contributed by atoms with Gasteiger partial charge in [0.2, 0.25) is 0 Å². The third-order valence-corrected chi connectivity index (χ3v) is 2.26. The topological polar surface area (TPSA) is 55.7 Å². The second-order valence-electron chi connectivity index (χ2n) is 3.11. The van der Waals surface area contributed by atoms with Crippen molar-refractivity contribution in [2.75, 3.05) is 6.61 Å². The number of ether oxygens (including phenoxy) is 1. The first-order valence-electron chi connectivity index (χ1n) is 4.50. The number of hydrogen-bond acceptors (Lipinski definition) is 4. The van der Waals surface area contributed by atoms with Crippen LogP contribution in [0.25, 0.3) is 0 Å². The summed E-state index contributed by atoms with van der Waals surface area (Å²) in [5.74, 6) is -0.374. The molecule has 2 atom stereocenters. The van der Waals surface area contributed by atoms with Gasteiger partial charge in [-0.1, -0.05) is 0 Å². The van der Waals surface area contributed by atoms with E-state index in [2.05, 4.69) is 11.6 Å². The number of nitrogens with zero attached hydrogens (tertiary/aromatic N) is 1. The normalized spacial score (nSPS) is 29.6. The van der Waals surface area contributed by atoms with Crippen LogP contribution in [0.4, 0.5) is 0 Å². The molecule has 0 aliphatic heterocycles. The molecule has 4 nitrogen and oxygen atoms in total. The molecule has 74 valence electrons. The molecule has 0 saturated heterocycles. The van der Waals surface area contributed by atoms with Crippen LogP contribution in [0.15, 0.2) is 17.6 Å². The molecule has 0 bridgehead atoms. The molecule has 0 aromatic heterocycles. The number of rotatable bonds is 5. The second kappa shape index (κ2) is 4.31. The van der Waals surface area contributed by atoms with Gasteiger partial charge in [-0.15, -0.1) is 0 Å². The van der Waals surface area contributed by atoms with Crippen LogP contribution in [0.2, 0.25) is 0 Å². The summed E-state index contributed by atoms with van der Waals surface area (Å²) in [5, 5.41) is 0. The van der Waals surface area contributed by atoms with Crippen molar-refractivity contribution in [2.45, 2.75) is 18.9 Å². The first-order valence-corrected chi connectivity index (χ1v) is 4.50. The van der Waals surface area contributed by atoms with Crippen molar-refractivity contribution in [3.63, 3.8) is 0 Å². The monoisotopic (exact) mass is 193 g/mol. The first-order chi connectivity index (χ1) is 6.71. The van der Waals surface area contributed by atoms with Crippen molar-refractivity contribution in [1.29, 1.82) is 0 Å². The molecule has 0 aromatic carbocycles. The van der Waals surface area contributed by atoms with E-state index in [0.717, 1.165) is 6.11 Å². The molecular formula is C9H12BNO3. The zero-order valence-corrected chi connectivity index (χ0v) is 8.10. The minimum absolute atomic E-state index is 0.00208. The van der Waals surface area contributed by atoms with E-state index in [9.17, 15) is 9.50 Å². The van der Waals surface area contributed by atoms with E-state index in [4.69, 9.17) is 4.74 Å². The molecule has 1 aliphatic carbocycles. The van der Waals surface area contributed by atoms with Crippen molar-refractivity contribution < 1.29 is 14.2 Å². The molecule has 14 heavy (non-hydrogen) atoms. The van der Waals surface area contributed by atoms with E-state index in [1.807, 2.05) is 0 Å². The van der Waals surface area contributed by atoms with E-state index in [0.29, 0.717) is 20.2 Å². The Labute approximate surface area is 83.3 Å². The Hall–Kier alpha value is -1.26. The average Bonchev–Trinajstić information content (AvgIpc) is 2.90. The number of carbonyl (C=O) groups excluding carboxylic acids is 1. The molecule has 0 aromatic rings. The molecule has 0 N–H and O–H groups in total. The summed E-state index contributed by atoms with van der Waals surface area (Å²) in [6, 6.07) is 0. The van der Waals surface area contributed by atoms with Crippen LogP contribution in [-0.2, 0) is 14.2 Å². The van der Waals surface area contributed by atoms with Gasteiger partial charge >= 0.3 is 82.5 Å². The molecule has 2 unspecified atom stereocenters. The summed E-state index contributed by atoms with van der Waals surface area (Å²) in [7, 11) is 0.555. The Morgan fingerprint density at radius 1 is 1.86 bits per heavy atom. The van der Waals surface area contributed by atoms with Gasteiger partial charge in [-0.25, -0.2) is 0 Å². The van der Waals surface area contributed by atoms with Crippen LogP contribution in [-0.4, -0.2) is 31.4 Å². The fourth-order valence-electron chi connectivity index (χ4n) is 1.41. The summed E-state index contributed by atoms with van der Waals surface area (Å²) in [6.45, 7) is 5.66. The van der Waals surface area contributed by atoms with Crippen LogP contribution in [0.5, 0.6) is 0 Å². The quantitative estimate of drug-likeness (QED) is 0.277. The Kier molecular flexibility index (Phi) is 3.33. The molecule has 0 heterocycles. The SMILES string of the molecule is C=CC1CC1(N=CB=O)C(=O)OCC. The van der Waals surface area contributed by atoms with Gasteiger partial charge < -0.3 is 0 Å². The van der Waals surface area contributed by atoms with Gasteiger partial charge in [0, 0.05) is 0 Å². The van der Waals surface area contributed by atoms with Gasteiger partial charge in [0.25, 0.3) is 0 Å². The summed E-state index contributed by atoms with van der Waals surface area (Å²) in [5.41, 5.74) is -0.862. The van der Waals surface area contributed by atoms with Crippen LogP contribution >= 0.6 is 0 Å². The summed E-state index contributed by atoms with van der Waals surface area (Å²) in [4.78, 5) is 15.4. The number of hydrogen-bond donors (Lipinski definition) is 0. The van der Waals surface area contributed by atoms with Gasteiger partial charge in [0.15, 0.2) is 0 Å². The maximum absolute atomic E-state index is 11.5. The molecule has 0 spiro atoms. The summed E-state index contributed by atoms with van der Waals surface area (Å²) in [6.07, 6.45) is 3.35. The van der Waals surface area contributed by atoms with Gasteiger partial charge in [-0.3, -0.25) is 0 Å². The van der Waals surface area contributed by atoms with Crippen LogP contribution in [0.3, 0.4) is 0 Å². The Morgan fingerprint density at radius 3 is 3.00 bits per heavy atom. The predicted octanol–water partition coefficient (Wildman–Crippen LogP) is 0.572. The van der Waals surface area contributed by atoms with Crippen molar-refractivity contribution in [3.8, 4) is 0 Å². The molecule has 1 fully saturated rings. The molecule has 1 rings (SSSR count). The maximum atomic E-state index is 11.5. The molecule has 5 heteroatoms. The molecule has 1 saturated carbocycles. The average molecular weight is 193 g/mol. The minimum atomic E-state index is -0.862. The Bertz CT molecular complexity index is 290. The van der Waals surface area contributed by atoms with Gasteiger partial charge in [-0.2, -0.15) is 0 Å². The molecular weight excluding hydrogens is 181 g/mol. The van der Waals surface area contributed by atoms with E-state index in [-0.39, 0.29) is 11.9 Å². The first kappa shape index (κ1) is 10.8. The van der Waals surface area contributed by atoms with Gasteiger partial charge in [-0.05, 0) is 0 Å². The Morgan fingerprint density at radius 2 is 2.57 bits per heavy atom. The van der Waals surface area contributed by atoms with Crippen LogP contribution < -0.4 is 0 Å². The van der Waals surface area contributed by atoms with Crippen LogP contribution in [0.1, 0.15) is 13.3 Å². The standard InChI is InChI=1S/C9H12BNO3/c1-3-7-5-9(7,11-6-10-13)8(12)14-4-2/h3,6-7H,1,4-5H2,2H3. The van der Waals surface area contributed by atoms with Gasteiger partial charge in [0.1, 0.15) is 0 Å². The Balaban J connectivity index is 2.74. The zero-order valence-electron chi connectivity index (χ0n) is 8.10. The third kappa shape index (κ3) is 1.81. The molecule has 0 radical (unpaired) electrons. The number of aliphatic imine (C=N–C) groups is 1. The summed E-state index contributed by atoms with van der Waals surface area (Å²) >= 11 is 0. The number of esters is 1. The van der Waals surface area contributed by atoms with Crippen molar-refractivity contribution in [1.82, 2.24) is 0 Å². The second-order valence-corrected chi connectivity index (χ2v) is 3.11. The van der Waals surface area contributed by atoms with Gasteiger partial charge in [0.05, 0.1) is 0 Å². The van der Waals surface area contributed by atoms with Crippen molar-refractivity contribution in [3.05, 3.63) is 12.7 Å². The summed E-state index contributed by atoms with van der Waals surface area (Å²) < 4.78 is 15.0. The van der Waals surface area contributed by atoms with E-state index < -0.39 is 5.54 Å². The van der Waals surface area contributed by atoms with E-state index >= 15 is 0 Å².